The Balaban J connectivity index is 2.32. The lowest BCUT2D eigenvalue weighted by atomic mass is 10.1. The number of rotatable bonds is 6. The van der Waals surface area contributed by atoms with Crippen molar-refractivity contribution in [3.05, 3.63) is 39.8 Å². The second-order valence-corrected chi connectivity index (χ2v) is 7.46. The molecule has 22 heavy (non-hydrogen) atoms. The summed E-state index contributed by atoms with van der Waals surface area (Å²) in [5, 5.41) is 12.3. The predicted octanol–water partition coefficient (Wildman–Crippen LogP) is 5.82. The number of aliphatic hydroxyl groups is 1. The standard InChI is InChI=1S/C16H20Cl2N2OS/c1-4-5-13(21)15-19-14(9(2)3)16(20-15)22-12-7-10(17)6-11(18)8-12/h6-9,13,21H,4-5H2,1-3H3,(H,19,20). The number of nitrogens with one attached hydrogen (secondary N) is 1. The van der Waals surface area contributed by atoms with Crippen molar-refractivity contribution in [1.29, 1.82) is 0 Å². The Morgan fingerprint density at radius 3 is 2.41 bits per heavy atom. The van der Waals surface area contributed by atoms with Crippen LogP contribution in [-0.2, 0) is 0 Å². The summed E-state index contributed by atoms with van der Waals surface area (Å²) < 4.78 is 0. The molecule has 2 aromatic rings. The number of H-pyrrole nitrogens is 1. The van der Waals surface area contributed by atoms with Crippen molar-refractivity contribution in [2.75, 3.05) is 0 Å². The van der Waals surface area contributed by atoms with Gasteiger partial charge in [-0.25, -0.2) is 4.98 Å². The molecule has 0 saturated carbocycles. The summed E-state index contributed by atoms with van der Waals surface area (Å²) in [6.07, 6.45) is 1.04. The number of hydrogen-bond donors (Lipinski definition) is 2. The minimum Gasteiger partial charge on any atom is -0.385 e. The monoisotopic (exact) mass is 358 g/mol. The van der Waals surface area contributed by atoms with E-state index < -0.39 is 6.10 Å². The van der Waals surface area contributed by atoms with Crippen LogP contribution in [0, 0.1) is 0 Å². The summed E-state index contributed by atoms with van der Waals surface area (Å²) in [6, 6.07) is 5.44. The number of imidazole rings is 1. The lowest BCUT2D eigenvalue weighted by Crippen LogP contribution is -1.99. The normalized spacial score (nSPS) is 12.9. The third-order valence-electron chi connectivity index (χ3n) is 3.20. The maximum Gasteiger partial charge on any atom is 0.136 e. The van der Waals surface area contributed by atoms with Crippen molar-refractivity contribution in [1.82, 2.24) is 9.97 Å². The maximum atomic E-state index is 10.1. The zero-order chi connectivity index (χ0) is 16.3. The molecular weight excluding hydrogens is 339 g/mol. The van der Waals surface area contributed by atoms with Gasteiger partial charge >= 0.3 is 0 Å². The molecule has 2 N–H and O–H groups in total. The predicted molar refractivity (Wildman–Crippen MR) is 93.1 cm³/mol. The molecule has 1 aromatic carbocycles. The van der Waals surface area contributed by atoms with Crippen LogP contribution in [0.1, 0.15) is 57.2 Å². The van der Waals surface area contributed by atoms with Gasteiger partial charge in [0.05, 0.1) is 5.69 Å². The molecule has 6 heteroatoms. The van der Waals surface area contributed by atoms with Gasteiger partial charge in [0.25, 0.3) is 0 Å². The zero-order valence-corrected chi connectivity index (χ0v) is 15.2. The molecule has 1 atom stereocenters. The summed E-state index contributed by atoms with van der Waals surface area (Å²) in [4.78, 5) is 8.77. The number of aromatic amines is 1. The molecule has 0 aliphatic rings. The molecule has 0 fully saturated rings. The highest BCUT2D eigenvalue weighted by atomic mass is 35.5. The molecule has 1 heterocycles. The lowest BCUT2D eigenvalue weighted by Gasteiger charge is -2.06. The van der Waals surface area contributed by atoms with Crippen molar-refractivity contribution in [2.45, 2.75) is 55.6 Å². The van der Waals surface area contributed by atoms with E-state index >= 15 is 0 Å². The first-order chi connectivity index (χ1) is 10.4. The van der Waals surface area contributed by atoms with Crippen LogP contribution in [-0.4, -0.2) is 15.1 Å². The van der Waals surface area contributed by atoms with Gasteiger partial charge in [0.1, 0.15) is 17.0 Å². The van der Waals surface area contributed by atoms with E-state index in [0.717, 1.165) is 22.0 Å². The fraction of sp³-hybridized carbons (Fsp3) is 0.438. The molecule has 0 spiro atoms. The molecule has 0 bridgehead atoms. The third-order valence-corrected chi connectivity index (χ3v) is 4.62. The summed E-state index contributed by atoms with van der Waals surface area (Å²) in [5.74, 6) is 0.886. The van der Waals surface area contributed by atoms with Crippen LogP contribution in [0.15, 0.2) is 28.1 Å². The van der Waals surface area contributed by atoms with Crippen molar-refractivity contribution < 1.29 is 5.11 Å². The Morgan fingerprint density at radius 2 is 1.86 bits per heavy atom. The summed E-state index contributed by atoms with van der Waals surface area (Å²) >= 11 is 13.6. The van der Waals surface area contributed by atoms with Crippen molar-refractivity contribution in [3.8, 4) is 0 Å². The fourth-order valence-corrected chi connectivity index (χ4v) is 3.94. The Hall–Kier alpha value is -0.680. The van der Waals surface area contributed by atoms with E-state index in [4.69, 9.17) is 23.2 Å². The summed E-state index contributed by atoms with van der Waals surface area (Å²) in [6.45, 7) is 6.21. The van der Waals surface area contributed by atoms with Gasteiger partial charge in [-0.15, -0.1) is 0 Å². The van der Waals surface area contributed by atoms with Crippen LogP contribution in [0.4, 0.5) is 0 Å². The first-order valence-electron chi connectivity index (χ1n) is 7.32. The van der Waals surface area contributed by atoms with Crippen molar-refractivity contribution in [3.63, 3.8) is 0 Å². The number of aromatic nitrogens is 2. The molecule has 1 unspecified atom stereocenters. The minimum absolute atomic E-state index is 0.260. The van der Waals surface area contributed by atoms with Crippen LogP contribution in [0.25, 0.3) is 0 Å². The molecule has 120 valence electrons. The van der Waals surface area contributed by atoms with Crippen LogP contribution >= 0.6 is 35.0 Å². The van der Waals surface area contributed by atoms with Gasteiger partial charge < -0.3 is 10.1 Å². The van der Waals surface area contributed by atoms with Crippen molar-refractivity contribution in [2.24, 2.45) is 0 Å². The van der Waals surface area contributed by atoms with E-state index in [1.165, 1.54) is 11.8 Å². The van der Waals surface area contributed by atoms with Crippen LogP contribution in [0.5, 0.6) is 0 Å². The van der Waals surface area contributed by atoms with Crippen LogP contribution in [0.3, 0.4) is 0 Å². The first kappa shape index (κ1) is 17.7. The molecule has 1 aromatic heterocycles. The Labute approximate surface area is 145 Å². The highest BCUT2D eigenvalue weighted by Crippen LogP contribution is 2.36. The van der Waals surface area contributed by atoms with E-state index in [1.807, 2.05) is 19.1 Å². The summed E-state index contributed by atoms with van der Waals surface area (Å²) in [7, 11) is 0. The SMILES string of the molecule is CCCC(O)c1nc(C(C)C)c(Sc2cc(Cl)cc(Cl)c2)[nH]1. The van der Waals surface area contributed by atoms with Crippen molar-refractivity contribution >= 4 is 35.0 Å². The van der Waals surface area contributed by atoms with Gasteiger partial charge in [0.2, 0.25) is 0 Å². The summed E-state index contributed by atoms with van der Waals surface area (Å²) in [5.41, 5.74) is 0.950. The van der Waals surface area contributed by atoms with Gasteiger partial charge in [-0.2, -0.15) is 0 Å². The largest absolute Gasteiger partial charge is 0.385 e. The second kappa shape index (κ2) is 7.73. The molecule has 2 rings (SSSR count). The van der Waals surface area contributed by atoms with Gasteiger partial charge in [-0.05, 0) is 30.5 Å². The topological polar surface area (TPSA) is 48.9 Å². The average Bonchev–Trinajstić information content (AvgIpc) is 2.82. The molecule has 0 amide bonds. The van der Waals surface area contributed by atoms with E-state index in [1.54, 1.807) is 6.07 Å². The van der Waals surface area contributed by atoms with E-state index in [-0.39, 0.29) is 5.92 Å². The molecule has 0 saturated heterocycles. The lowest BCUT2D eigenvalue weighted by molar-refractivity contribution is 0.157. The van der Waals surface area contributed by atoms with Crippen LogP contribution < -0.4 is 0 Å². The number of aliphatic hydroxyl groups excluding tert-OH is 1. The Kier molecular flexibility index (Phi) is 6.21. The zero-order valence-electron chi connectivity index (χ0n) is 12.9. The molecule has 0 radical (unpaired) electrons. The van der Waals surface area contributed by atoms with E-state index in [9.17, 15) is 5.11 Å². The van der Waals surface area contributed by atoms with Gasteiger partial charge in [0, 0.05) is 14.9 Å². The highest BCUT2D eigenvalue weighted by Gasteiger charge is 2.19. The highest BCUT2D eigenvalue weighted by molar-refractivity contribution is 7.99. The Bertz CT molecular complexity index is 623. The Morgan fingerprint density at radius 1 is 1.23 bits per heavy atom. The number of benzene rings is 1. The van der Waals surface area contributed by atoms with Crippen LogP contribution in [0.2, 0.25) is 10.0 Å². The first-order valence-corrected chi connectivity index (χ1v) is 8.89. The second-order valence-electron chi connectivity index (χ2n) is 5.50. The smallest absolute Gasteiger partial charge is 0.136 e. The minimum atomic E-state index is -0.556. The van der Waals surface area contributed by atoms with Gasteiger partial charge in [0.15, 0.2) is 0 Å². The van der Waals surface area contributed by atoms with Gasteiger partial charge in [-0.3, -0.25) is 0 Å². The molecular formula is C16H20Cl2N2OS. The molecule has 0 aliphatic heterocycles. The third kappa shape index (κ3) is 4.42. The number of nitrogens with zero attached hydrogens (tertiary/aromatic N) is 1. The number of halogens is 2. The van der Waals surface area contributed by atoms with E-state index in [0.29, 0.717) is 22.3 Å². The quantitative estimate of drug-likeness (QED) is 0.683. The fourth-order valence-electron chi connectivity index (χ4n) is 2.13. The average molecular weight is 359 g/mol. The van der Waals surface area contributed by atoms with E-state index in [2.05, 4.69) is 23.8 Å². The molecule has 3 nitrogen and oxygen atoms in total. The van der Waals surface area contributed by atoms with Gasteiger partial charge in [-0.1, -0.05) is 62.2 Å². The number of hydrogen-bond acceptors (Lipinski definition) is 3. The molecule has 0 aliphatic carbocycles. The maximum absolute atomic E-state index is 10.1.